The second-order valence-corrected chi connectivity index (χ2v) is 5.97. The normalized spacial score (nSPS) is 14.9. The zero-order chi connectivity index (χ0) is 12.3. The van der Waals surface area contributed by atoms with E-state index in [-0.39, 0.29) is 16.9 Å². The molecule has 90 valence electrons. The van der Waals surface area contributed by atoms with E-state index in [2.05, 4.69) is 12.2 Å². The van der Waals surface area contributed by atoms with Gasteiger partial charge in [0.2, 0.25) is 5.91 Å². The third-order valence-corrected chi connectivity index (χ3v) is 2.55. The summed E-state index contributed by atoms with van der Waals surface area (Å²) >= 11 is 0. The lowest BCUT2D eigenvalue weighted by Gasteiger charge is -2.32. The summed E-state index contributed by atoms with van der Waals surface area (Å²) in [6.45, 7) is 12.1. The molecule has 0 bridgehead atoms. The Hall–Kier alpha value is -0.570. The van der Waals surface area contributed by atoms with E-state index in [1.54, 1.807) is 0 Å². The fourth-order valence-electron chi connectivity index (χ4n) is 1.49. The van der Waals surface area contributed by atoms with Crippen molar-refractivity contribution < 1.29 is 4.79 Å². The number of rotatable bonds is 4. The number of carbonyl (C=O) groups excluding carboxylic acids is 1. The molecular formula is C12H26N2O. The Morgan fingerprint density at radius 1 is 1.27 bits per heavy atom. The van der Waals surface area contributed by atoms with E-state index in [1.807, 2.05) is 34.6 Å². The lowest BCUT2D eigenvalue weighted by atomic mass is 9.86. The van der Waals surface area contributed by atoms with Crippen molar-refractivity contribution in [2.24, 2.45) is 11.1 Å². The van der Waals surface area contributed by atoms with Crippen LogP contribution in [0.15, 0.2) is 0 Å². The molecule has 0 rings (SSSR count). The van der Waals surface area contributed by atoms with E-state index in [1.165, 1.54) is 0 Å². The first kappa shape index (κ1) is 14.4. The molecule has 3 nitrogen and oxygen atoms in total. The van der Waals surface area contributed by atoms with Crippen LogP contribution >= 0.6 is 0 Å². The summed E-state index contributed by atoms with van der Waals surface area (Å²) in [5, 5.41) is 3.00. The lowest BCUT2D eigenvalue weighted by molar-refractivity contribution is -0.126. The molecule has 3 heteroatoms. The number of carbonyl (C=O) groups is 1. The number of hydrogen-bond acceptors (Lipinski definition) is 2. The molecule has 0 aliphatic carbocycles. The van der Waals surface area contributed by atoms with Crippen molar-refractivity contribution in [2.45, 2.75) is 66.0 Å². The van der Waals surface area contributed by atoms with Gasteiger partial charge < -0.3 is 11.1 Å². The van der Waals surface area contributed by atoms with Crippen molar-refractivity contribution in [1.29, 1.82) is 0 Å². The molecule has 1 atom stereocenters. The van der Waals surface area contributed by atoms with E-state index in [0.29, 0.717) is 0 Å². The monoisotopic (exact) mass is 214 g/mol. The summed E-state index contributed by atoms with van der Waals surface area (Å²) in [4.78, 5) is 11.8. The van der Waals surface area contributed by atoms with Gasteiger partial charge in [0.15, 0.2) is 0 Å². The Morgan fingerprint density at radius 3 is 2.07 bits per heavy atom. The molecule has 0 fully saturated rings. The van der Waals surface area contributed by atoms with Crippen molar-refractivity contribution >= 4 is 5.91 Å². The van der Waals surface area contributed by atoms with Gasteiger partial charge in [0.05, 0.1) is 6.04 Å². The molecule has 0 heterocycles. The van der Waals surface area contributed by atoms with Gasteiger partial charge in [-0.25, -0.2) is 0 Å². The fourth-order valence-corrected chi connectivity index (χ4v) is 1.49. The van der Waals surface area contributed by atoms with Gasteiger partial charge in [-0.2, -0.15) is 0 Å². The molecule has 1 unspecified atom stereocenters. The van der Waals surface area contributed by atoms with Gasteiger partial charge in [0, 0.05) is 5.54 Å². The molecule has 3 N–H and O–H groups in total. The van der Waals surface area contributed by atoms with Crippen LogP contribution in [0.3, 0.4) is 0 Å². The molecule has 15 heavy (non-hydrogen) atoms. The molecule has 0 saturated carbocycles. The quantitative estimate of drug-likeness (QED) is 0.752. The lowest BCUT2D eigenvalue weighted by Crippen LogP contribution is -2.54. The predicted octanol–water partition coefficient (Wildman–Crippen LogP) is 2.05. The Balaban J connectivity index is 4.37. The van der Waals surface area contributed by atoms with Crippen molar-refractivity contribution in [2.75, 3.05) is 0 Å². The van der Waals surface area contributed by atoms with E-state index in [9.17, 15) is 4.79 Å². The molecule has 0 aliphatic rings. The largest absolute Gasteiger partial charge is 0.350 e. The molecule has 0 aromatic rings. The summed E-state index contributed by atoms with van der Waals surface area (Å²) < 4.78 is 0. The topological polar surface area (TPSA) is 55.1 Å². The van der Waals surface area contributed by atoms with Gasteiger partial charge >= 0.3 is 0 Å². The first-order valence-electron chi connectivity index (χ1n) is 5.68. The van der Waals surface area contributed by atoms with Crippen LogP contribution in [0.5, 0.6) is 0 Å². The Bertz CT molecular complexity index is 216. The zero-order valence-corrected chi connectivity index (χ0v) is 11.0. The van der Waals surface area contributed by atoms with Crippen LogP contribution in [0.4, 0.5) is 0 Å². The number of nitrogens with two attached hydrogens (primary N) is 1. The van der Waals surface area contributed by atoms with Crippen molar-refractivity contribution in [3.63, 3.8) is 0 Å². The Labute approximate surface area is 93.8 Å². The average molecular weight is 214 g/mol. The molecule has 0 saturated heterocycles. The summed E-state index contributed by atoms with van der Waals surface area (Å²) in [5.74, 6) is -0.0547. The first-order valence-corrected chi connectivity index (χ1v) is 5.68. The molecule has 0 aromatic carbocycles. The summed E-state index contributed by atoms with van der Waals surface area (Å²) in [5.41, 5.74) is 5.54. The highest BCUT2D eigenvalue weighted by atomic mass is 16.2. The van der Waals surface area contributed by atoms with Crippen LogP contribution in [0.1, 0.15) is 54.4 Å². The minimum Gasteiger partial charge on any atom is -0.350 e. The molecule has 0 spiro atoms. The van der Waals surface area contributed by atoms with Gasteiger partial charge in [0.25, 0.3) is 0 Å². The third kappa shape index (κ3) is 5.17. The van der Waals surface area contributed by atoms with E-state index >= 15 is 0 Å². The fraction of sp³-hybridized carbons (Fsp3) is 0.917. The zero-order valence-electron chi connectivity index (χ0n) is 11.0. The minimum atomic E-state index is -0.450. The summed E-state index contributed by atoms with van der Waals surface area (Å²) in [6.07, 6.45) is 2.02. The second kappa shape index (κ2) is 4.97. The number of hydrogen-bond donors (Lipinski definition) is 2. The highest BCUT2D eigenvalue weighted by Crippen LogP contribution is 2.19. The van der Waals surface area contributed by atoms with E-state index in [4.69, 9.17) is 5.73 Å². The third-order valence-electron chi connectivity index (χ3n) is 2.55. The molecular weight excluding hydrogens is 188 g/mol. The van der Waals surface area contributed by atoms with Crippen LogP contribution in [-0.2, 0) is 4.79 Å². The number of nitrogens with one attached hydrogen (secondary N) is 1. The van der Waals surface area contributed by atoms with Crippen LogP contribution in [-0.4, -0.2) is 17.5 Å². The van der Waals surface area contributed by atoms with Crippen LogP contribution in [0, 0.1) is 5.41 Å². The Morgan fingerprint density at radius 2 is 1.73 bits per heavy atom. The van der Waals surface area contributed by atoms with Crippen LogP contribution < -0.4 is 11.1 Å². The maximum absolute atomic E-state index is 11.8. The van der Waals surface area contributed by atoms with Crippen molar-refractivity contribution in [1.82, 2.24) is 5.32 Å². The molecule has 0 aliphatic heterocycles. The highest BCUT2D eigenvalue weighted by molar-refractivity contribution is 5.82. The second-order valence-electron chi connectivity index (χ2n) is 5.97. The first-order chi connectivity index (χ1) is 6.60. The minimum absolute atomic E-state index is 0.0547. The highest BCUT2D eigenvalue weighted by Gasteiger charge is 2.30. The Kier molecular flexibility index (Phi) is 4.78. The smallest absolute Gasteiger partial charge is 0.237 e. The standard InChI is InChI=1S/C12H26N2O/c1-7-8-12(5,6)14-10(15)9(13)11(2,3)4/h9H,7-8,13H2,1-6H3,(H,14,15). The van der Waals surface area contributed by atoms with Gasteiger partial charge in [-0.05, 0) is 25.7 Å². The van der Waals surface area contributed by atoms with Gasteiger partial charge in [-0.1, -0.05) is 34.1 Å². The maximum Gasteiger partial charge on any atom is 0.237 e. The molecule has 0 radical (unpaired) electrons. The maximum atomic E-state index is 11.8. The van der Waals surface area contributed by atoms with Crippen molar-refractivity contribution in [3.05, 3.63) is 0 Å². The van der Waals surface area contributed by atoms with Gasteiger partial charge in [-0.3, -0.25) is 4.79 Å². The summed E-state index contributed by atoms with van der Waals surface area (Å²) in [7, 11) is 0. The predicted molar refractivity (Wildman–Crippen MR) is 64.6 cm³/mol. The summed E-state index contributed by atoms with van der Waals surface area (Å²) in [6, 6.07) is -0.450. The van der Waals surface area contributed by atoms with Gasteiger partial charge in [-0.15, -0.1) is 0 Å². The van der Waals surface area contributed by atoms with E-state index < -0.39 is 6.04 Å². The SMILES string of the molecule is CCCC(C)(C)NC(=O)C(N)C(C)(C)C. The number of amides is 1. The van der Waals surface area contributed by atoms with Crippen molar-refractivity contribution in [3.8, 4) is 0 Å². The molecule has 1 amide bonds. The van der Waals surface area contributed by atoms with Gasteiger partial charge in [0.1, 0.15) is 0 Å². The van der Waals surface area contributed by atoms with Crippen LogP contribution in [0.25, 0.3) is 0 Å². The van der Waals surface area contributed by atoms with Crippen LogP contribution in [0.2, 0.25) is 0 Å². The van der Waals surface area contributed by atoms with E-state index in [0.717, 1.165) is 12.8 Å². The molecule has 0 aromatic heterocycles. The average Bonchev–Trinajstić information content (AvgIpc) is 1.99.